The van der Waals surface area contributed by atoms with E-state index in [4.69, 9.17) is 5.26 Å². The fourth-order valence-electron chi connectivity index (χ4n) is 2.56. The molecule has 2 N–H and O–H groups in total. The van der Waals surface area contributed by atoms with Crippen molar-refractivity contribution in [3.05, 3.63) is 24.3 Å². The smallest absolute Gasteiger partial charge is 0.221 e. The normalized spacial score (nSPS) is 22.3. The molecule has 0 spiro atoms. The second kappa shape index (κ2) is 6.24. The number of anilines is 2. The molecule has 2 unspecified atom stereocenters. The Hall–Kier alpha value is -2.02. The Kier molecular flexibility index (Phi) is 4.40. The lowest BCUT2D eigenvalue weighted by atomic mass is 9.85. The average Bonchev–Trinajstić information content (AvgIpc) is 2.39. The predicted octanol–water partition coefficient (Wildman–Crippen LogP) is 3.14. The number of amides is 1. The summed E-state index contributed by atoms with van der Waals surface area (Å²) in [5.41, 5.74) is 1.74. The third-order valence-electron chi connectivity index (χ3n) is 3.47. The second-order valence-corrected chi connectivity index (χ2v) is 5.03. The van der Waals surface area contributed by atoms with E-state index in [1.807, 2.05) is 24.3 Å². The molecule has 19 heavy (non-hydrogen) atoms. The minimum absolute atomic E-state index is 0.0790. The van der Waals surface area contributed by atoms with Crippen molar-refractivity contribution in [2.45, 2.75) is 38.6 Å². The lowest BCUT2D eigenvalue weighted by Crippen LogP contribution is -2.31. The Morgan fingerprint density at radius 3 is 2.79 bits per heavy atom. The lowest BCUT2D eigenvalue weighted by molar-refractivity contribution is -0.114. The van der Waals surface area contributed by atoms with Crippen molar-refractivity contribution in [3.63, 3.8) is 0 Å². The molecule has 0 aliphatic heterocycles. The molecule has 4 heteroatoms. The van der Waals surface area contributed by atoms with E-state index in [0.717, 1.165) is 30.6 Å². The molecule has 4 nitrogen and oxygen atoms in total. The van der Waals surface area contributed by atoms with Crippen molar-refractivity contribution in [3.8, 4) is 6.07 Å². The van der Waals surface area contributed by atoms with Crippen LogP contribution in [0.5, 0.6) is 0 Å². The number of hydrogen-bond donors (Lipinski definition) is 2. The predicted molar refractivity (Wildman–Crippen MR) is 75.7 cm³/mol. The first-order valence-corrected chi connectivity index (χ1v) is 6.73. The van der Waals surface area contributed by atoms with E-state index in [0.29, 0.717) is 0 Å². The van der Waals surface area contributed by atoms with Crippen LogP contribution in [0.2, 0.25) is 0 Å². The lowest BCUT2D eigenvalue weighted by Gasteiger charge is -2.28. The van der Waals surface area contributed by atoms with E-state index in [1.165, 1.54) is 13.3 Å². The standard InChI is InChI=1S/C15H19N3O/c1-11(19)17-13-6-4-7-14(9-13)18-15-8-3-2-5-12(15)10-16/h4,6-7,9,12,15,18H,2-3,5,8H2,1H3,(H,17,19). The minimum Gasteiger partial charge on any atom is -0.381 e. The van der Waals surface area contributed by atoms with Gasteiger partial charge in [-0.2, -0.15) is 5.26 Å². The minimum atomic E-state index is -0.0790. The number of rotatable bonds is 3. The first-order chi connectivity index (χ1) is 9.19. The van der Waals surface area contributed by atoms with E-state index in [9.17, 15) is 4.79 Å². The fourth-order valence-corrected chi connectivity index (χ4v) is 2.56. The van der Waals surface area contributed by atoms with Gasteiger partial charge in [-0.15, -0.1) is 0 Å². The first kappa shape index (κ1) is 13.4. The number of hydrogen-bond acceptors (Lipinski definition) is 3. The molecule has 1 aromatic carbocycles. The van der Waals surface area contributed by atoms with Gasteiger partial charge in [0, 0.05) is 24.3 Å². The van der Waals surface area contributed by atoms with Gasteiger partial charge < -0.3 is 10.6 Å². The molecule has 0 heterocycles. The zero-order valence-corrected chi connectivity index (χ0v) is 11.1. The Labute approximate surface area is 113 Å². The average molecular weight is 257 g/mol. The van der Waals surface area contributed by atoms with E-state index in [2.05, 4.69) is 16.7 Å². The molecular formula is C15H19N3O. The maximum Gasteiger partial charge on any atom is 0.221 e. The van der Waals surface area contributed by atoms with Crippen molar-refractivity contribution < 1.29 is 4.79 Å². The Balaban J connectivity index is 2.05. The molecule has 1 aromatic rings. The zero-order chi connectivity index (χ0) is 13.7. The number of nitriles is 1. The number of nitrogens with one attached hydrogen (secondary N) is 2. The molecule has 1 saturated carbocycles. The summed E-state index contributed by atoms with van der Waals surface area (Å²) in [5, 5.41) is 15.4. The zero-order valence-electron chi connectivity index (χ0n) is 11.1. The number of nitrogens with zero attached hydrogens (tertiary/aromatic N) is 1. The van der Waals surface area contributed by atoms with Crippen LogP contribution >= 0.6 is 0 Å². The van der Waals surface area contributed by atoms with Crippen molar-refractivity contribution >= 4 is 17.3 Å². The third-order valence-corrected chi connectivity index (χ3v) is 3.47. The van der Waals surface area contributed by atoms with Crippen LogP contribution in [-0.4, -0.2) is 11.9 Å². The van der Waals surface area contributed by atoms with Gasteiger partial charge in [0.15, 0.2) is 0 Å². The first-order valence-electron chi connectivity index (χ1n) is 6.73. The monoisotopic (exact) mass is 257 g/mol. The highest BCUT2D eigenvalue weighted by Crippen LogP contribution is 2.27. The highest BCUT2D eigenvalue weighted by atomic mass is 16.1. The Morgan fingerprint density at radius 2 is 2.05 bits per heavy atom. The highest BCUT2D eigenvalue weighted by Gasteiger charge is 2.24. The van der Waals surface area contributed by atoms with E-state index in [1.54, 1.807) is 0 Å². The topological polar surface area (TPSA) is 64.9 Å². The van der Waals surface area contributed by atoms with Gasteiger partial charge in [0.2, 0.25) is 5.91 Å². The van der Waals surface area contributed by atoms with Gasteiger partial charge in [-0.1, -0.05) is 18.9 Å². The molecule has 2 rings (SSSR count). The molecule has 100 valence electrons. The largest absolute Gasteiger partial charge is 0.381 e. The van der Waals surface area contributed by atoms with Crippen LogP contribution < -0.4 is 10.6 Å². The quantitative estimate of drug-likeness (QED) is 0.874. The van der Waals surface area contributed by atoms with E-state index < -0.39 is 0 Å². The summed E-state index contributed by atoms with van der Waals surface area (Å²) in [6.07, 6.45) is 4.31. The summed E-state index contributed by atoms with van der Waals surface area (Å²) < 4.78 is 0. The molecule has 1 fully saturated rings. The summed E-state index contributed by atoms with van der Waals surface area (Å²) in [6, 6.07) is 10.2. The van der Waals surface area contributed by atoms with Crippen LogP contribution in [-0.2, 0) is 4.79 Å². The van der Waals surface area contributed by atoms with Gasteiger partial charge in [-0.25, -0.2) is 0 Å². The molecule has 2 atom stereocenters. The van der Waals surface area contributed by atoms with Gasteiger partial charge >= 0.3 is 0 Å². The van der Waals surface area contributed by atoms with Gasteiger partial charge in [0.05, 0.1) is 12.0 Å². The third kappa shape index (κ3) is 3.72. The highest BCUT2D eigenvalue weighted by molar-refractivity contribution is 5.89. The van der Waals surface area contributed by atoms with Crippen molar-refractivity contribution in [2.24, 2.45) is 5.92 Å². The van der Waals surface area contributed by atoms with Crippen molar-refractivity contribution in [2.75, 3.05) is 10.6 Å². The Morgan fingerprint density at radius 1 is 1.32 bits per heavy atom. The van der Waals surface area contributed by atoms with Crippen LogP contribution in [0.3, 0.4) is 0 Å². The number of benzene rings is 1. The summed E-state index contributed by atoms with van der Waals surface area (Å²) in [4.78, 5) is 11.0. The van der Waals surface area contributed by atoms with Crippen LogP contribution in [0.25, 0.3) is 0 Å². The maximum atomic E-state index is 11.0. The molecule has 1 aliphatic rings. The van der Waals surface area contributed by atoms with Gasteiger partial charge in [0.1, 0.15) is 0 Å². The summed E-state index contributed by atoms with van der Waals surface area (Å²) in [6.45, 7) is 1.49. The maximum absolute atomic E-state index is 11.0. The molecule has 0 radical (unpaired) electrons. The summed E-state index contributed by atoms with van der Waals surface area (Å²) in [5.74, 6) is 0.00268. The van der Waals surface area contributed by atoms with E-state index in [-0.39, 0.29) is 17.9 Å². The van der Waals surface area contributed by atoms with Gasteiger partial charge in [-0.3, -0.25) is 4.79 Å². The summed E-state index contributed by atoms with van der Waals surface area (Å²) >= 11 is 0. The second-order valence-electron chi connectivity index (χ2n) is 5.03. The fraction of sp³-hybridized carbons (Fsp3) is 0.467. The SMILES string of the molecule is CC(=O)Nc1cccc(NC2CCCCC2C#N)c1. The van der Waals surface area contributed by atoms with Crippen molar-refractivity contribution in [1.82, 2.24) is 0 Å². The number of carbonyl (C=O) groups excluding carboxylic acids is 1. The molecule has 1 aliphatic carbocycles. The Bertz CT molecular complexity index is 492. The molecule has 0 bridgehead atoms. The van der Waals surface area contributed by atoms with E-state index >= 15 is 0 Å². The van der Waals surface area contributed by atoms with Crippen molar-refractivity contribution in [1.29, 1.82) is 5.26 Å². The molecule has 1 amide bonds. The molecule has 0 saturated heterocycles. The molecular weight excluding hydrogens is 238 g/mol. The van der Waals surface area contributed by atoms with Gasteiger partial charge in [-0.05, 0) is 31.0 Å². The van der Waals surface area contributed by atoms with Crippen LogP contribution in [0.1, 0.15) is 32.6 Å². The van der Waals surface area contributed by atoms with Crippen LogP contribution in [0.4, 0.5) is 11.4 Å². The van der Waals surface area contributed by atoms with Crippen LogP contribution in [0.15, 0.2) is 24.3 Å². The van der Waals surface area contributed by atoms with Gasteiger partial charge in [0.25, 0.3) is 0 Å². The summed E-state index contributed by atoms with van der Waals surface area (Å²) in [7, 11) is 0. The molecule has 0 aromatic heterocycles. The van der Waals surface area contributed by atoms with Crippen LogP contribution in [0, 0.1) is 17.2 Å². The number of carbonyl (C=O) groups is 1.